The highest BCUT2D eigenvalue weighted by atomic mass is 32.2. The molecule has 102 valence electrons. The maximum Gasteiger partial charge on any atom is 0.244 e. The van der Waals surface area contributed by atoms with Crippen molar-refractivity contribution in [2.75, 3.05) is 39.2 Å². The molecule has 0 bridgehead atoms. The van der Waals surface area contributed by atoms with Gasteiger partial charge in [-0.1, -0.05) is 0 Å². The number of nitrogens with two attached hydrogens (primary N) is 1. The molecule has 0 saturated heterocycles. The quantitative estimate of drug-likeness (QED) is 0.626. The van der Waals surface area contributed by atoms with E-state index in [1.807, 2.05) is 0 Å². The number of nitrogens with one attached hydrogen (secondary N) is 1. The summed E-state index contributed by atoms with van der Waals surface area (Å²) in [7, 11) is -2.07. The summed E-state index contributed by atoms with van der Waals surface area (Å²) >= 11 is 0. The molecule has 0 amide bonds. The van der Waals surface area contributed by atoms with Gasteiger partial charge < -0.3 is 15.2 Å². The van der Waals surface area contributed by atoms with E-state index < -0.39 is 10.0 Å². The van der Waals surface area contributed by atoms with E-state index >= 15 is 0 Å². The Morgan fingerprint density at radius 3 is 2.83 bits per heavy atom. The minimum absolute atomic E-state index is 0.0229. The first-order valence-electron chi connectivity index (χ1n) is 5.35. The molecule has 8 heteroatoms. The van der Waals surface area contributed by atoms with Gasteiger partial charge in [0.25, 0.3) is 0 Å². The number of sulfonamides is 1. The lowest BCUT2D eigenvalue weighted by molar-refractivity contribution is 0.0736. The normalized spacial score (nSPS) is 11.6. The van der Waals surface area contributed by atoms with Crippen molar-refractivity contribution in [2.45, 2.75) is 4.90 Å². The second-order valence-corrected chi connectivity index (χ2v) is 5.13. The van der Waals surface area contributed by atoms with E-state index in [0.717, 1.165) is 0 Å². The molecular weight excluding hydrogens is 258 g/mol. The van der Waals surface area contributed by atoms with Crippen LogP contribution in [0, 0.1) is 0 Å². The average molecular weight is 275 g/mol. The van der Waals surface area contributed by atoms with Gasteiger partial charge >= 0.3 is 0 Å². The second-order valence-electron chi connectivity index (χ2n) is 3.39. The van der Waals surface area contributed by atoms with Crippen molar-refractivity contribution in [2.24, 2.45) is 0 Å². The van der Waals surface area contributed by atoms with Gasteiger partial charge in [0.1, 0.15) is 10.7 Å². The van der Waals surface area contributed by atoms with Crippen molar-refractivity contribution in [1.29, 1.82) is 0 Å². The Hall–Kier alpha value is -1.22. The minimum atomic E-state index is -3.63. The van der Waals surface area contributed by atoms with Crippen molar-refractivity contribution in [3.63, 3.8) is 0 Å². The predicted molar refractivity (Wildman–Crippen MR) is 66.5 cm³/mol. The Balaban J connectivity index is 2.44. The van der Waals surface area contributed by atoms with Gasteiger partial charge in [0.15, 0.2) is 0 Å². The molecular formula is C10H17N3O4S. The Bertz CT molecular complexity index is 464. The molecule has 0 saturated carbocycles. The van der Waals surface area contributed by atoms with E-state index in [1.54, 1.807) is 7.11 Å². The lowest BCUT2D eigenvalue weighted by atomic mass is 10.5. The molecule has 0 atom stereocenters. The first-order valence-corrected chi connectivity index (χ1v) is 6.83. The zero-order chi connectivity index (χ0) is 13.4. The van der Waals surface area contributed by atoms with Gasteiger partial charge in [-0.2, -0.15) is 0 Å². The summed E-state index contributed by atoms with van der Waals surface area (Å²) in [5.74, 6) is -0.0229. The zero-order valence-electron chi connectivity index (χ0n) is 10.1. The van der Waals surface area contributed by atoms with Gasteiger partial charge in [-0.3, -0.25) is 0 Å². The Labute approximate surface area is 106 Å². The largest absolute Gasteiger partial charge is 0.383 e. The monoisotopic (exact) mass is 275 g/mol. The topological polar surface area (TPSA) is 104 Å². The van der Waals surface area contributed by atoms with Crippen LogP contribution in [0.1, 0.15) is 0 Å². The highest BCUT2D eigenvalue weighted by molar-refractivity contribution is 7.89. The van der Waals surface area contributed by atoms with Crippen molar-refractivity contribution in [1.82, 2.24) is 9.71 Å². The first-order chi connectivity index (χ1) is 8.58. The standard InChI is InChI=1S/C10H17N3O4S/c1-16-7-8-17-6-5-13-18(14,15)9-3-2-4-12-10(9)11/h2-4,13H,5-8H2,1H3,(H2,11,12). The molecule has 1 heterocycles. The maximum atomic E-state index is 11.8. The molecule has 0 aliphatic rings. The summed E-state index contributed by atoms with van der Waals surface area (Å²) in [6.07, 6.45) is 1.43. The third kappa shape index (κ3) is 4.57. The smallest absolute Gasteiger partial charge is 0.244 e. The van der Waals surface area contributed by atoms with Crippen LogP contribution in [0.15, 0.2) is 23.2 Å². The molecule has 0 unspecified atom stereocenters. The predicted octanol–water partition coefficient (Wildman–Crippen LogP) is -0.395. The van der Waals surface area contributed by atoms with Gasteiger partial charge in [0, 0.05) is 19.9 Å². The summed E-state index contributed by atoms with van der Waals surface area (Å²) < 4.78 is 36.0. The number of ether oxygens (including phenoxy) is 2. The number of methoxy groups -OCH3 is 1. The highest BCUT2D eigenvalue weighted by Gasteiger charge is 2.16. The van der Waals surface area contributed by atoms with Gasteiger partial charge in [0.05, 0.1) is 19.8 Å². The molecule has 0 fully saturated rings. The summed E-state index contributed by atoms with van der Waals surface area (Å²) in [6, 6.07) is 2.91. The van der Waals surface area contributed by atoms with E-state index in [4.69, 9.17) is 15.2 Å². The fourth-order valence-electron chi connectivity index (χ4n) is 1.20. The van der Waals surface area contributed by atoms with Crippen molar-refractivity contribution in [3.8, 4) is 0 Å². The van der Waals surface area contributed by atoms with Gasteiger partial charge in [-0.25, -0.2) is 18.1 Å². The summed E-state index contributed by atoms with van der Waals surface area (Å²) in [5.41, 5.74) is 5.50. The molecule has 1 aromatic heterocycles. The number of nitrogens with zero attached hydrogens (tertiary/aromatic N) is 1. The number of aromatic nitrogens is 1. The Kier molecular flexibility index (Phi) is 5.99. The molecule has 0 aromatic carbocycles. The van der Waals surface area contributed by atoms with Gasteiger partial charge in [-0.15, -0.1) is 0 Å². The molecule has 0 radical (unpaired) electrons. The number of anilines is 1. The summed E-state index contributed by atoms with van der Waals surface area (Å²) in [6.45, 7) is 1.33. The lowest BCUT2D eigenvalue weighted by Crippen LogP contribution is -2.28. The van der Waals surface area contributed by atoms with Gasteiger partial charge in [-0.05, 0) is 12.1 Å². The zero-order valence-corrected chi connectivity index (χ0v) is 10.9. The number of pyridine rings is 1. The number of hydrogen-bond donors (Lipinski definition) is 2. The van der Waals surface area contributed by atoms with Crippen LogP contribution in [0.3, 0.4) is 0 Å². The molecule has 3 N–H and O–H groups in total. The van der Waals surface area contributed by atoms with Crippen LogP contribution in [0.25, 0.3) is 0 Å². The molecule has 0 spiro atoms. The van der Waals surface area contributed by atoms with E-state index in [1.165, 1.54) is 18.3 Å². The summed E-state index contributed by atoms with van der Waals surface area (Å²) in [5, 5.41) is 0. The van der Waals surface area contributed by atoms with Crippen molar-refractivity contribution >= 4 is 15.8 Å². The van der Waals surface area contributed by atoms with Crippen molar-refractivity contribution < 1.29 is 17.9 Å². The van der Waals surface area contributed by atoms with Crippen LogP contribution in [0.4, 0.5) is 5.82 Å². The maximum absolute atomic E-state index is 11.8. The highest BCUT2D eigenvalue weighted by Crippen LogP contribution is 2.13. The molecule has 1 aromatic rings. The summed E-state index contributed by atoms with van der Waals surface area (Å²) in [4.78, 5) is 3.70. The molecule has 0 aliphatic carbocycles. The fraction of sp³-hybridized carbons (Fsp3) is 0.500. The van der Waals surface area contributed by atoms with E-state index in [0.29, 0.717) is 13.2 Å². The Morgan fingerprint density at radius 1 is 1.39 bits per heavy atom. The number of nitrogen functional groups attached to an aromatic ring is 1. The van der Waals surface area contributed by atoms with Gasteiger partial charge in [0.2, 0.25) is 10.0 Å². The van der Waals surface area contributed by atoms with Crippen LogP contribution >= 0.6 is 0 Å². The molecule has 1 rings (SSSR count). The SMILES string of the molecule is COCCOCCNS(=O)(=O)c1cccnc1N. The van der Waals surface area contributed by atoms with Crippen LogP contribution in [-0.2, 0) is 19.5 Å². The van der Waals surface area contributed by atoms with Crippen molar-refractivity contribution in [3.05, 3.63) is 18.3 Å². The number of rotatable bonds is 8. The number of hydrogen-bond acceptors (Lipinski definition) is 6. The molecule has 0 aliphatic heterocycles. The van der Waals surface area contributed by atoms with Crippen LogP contribution in [0.2, 0.25) is 0 Å². The fourth-order valence-corrected chi connectivity index (χ4v) is 2.29. The first kappa shape index (κ1) is 14.8. The van der Waals surface area contributed by atoms with Crippen LogP contribution < -0.4 is 10.5 Å². The third-order valence-corrected chi connectivity index (χ3v) is 3.57. The molecule has 7 nitrogen and oxygen atoms in total. The molecule has 18 heavy (non-hydrogen) atoms. The van der Waals surface area contributed by atoms with Crippen LogP contribution in [0.5, 0.6) is 0 Å². The van der Waals surface area contributed by atoms with Crippen LogP contribution in [-0.4, -0.2) is 46.9 Å². The third-order valence-electron chi connectivity index (χ3n) is 2.06. The van der Waals surface area contributed by atoms with E-state index in [-0.39, 0.29) is 23.9 Å². The average Bonchev–Trinajstić information content (AvgIpc) is 2.34. The Morgan fingerprint density at radius 2 is 2.17 bits per heavy atom. The minimum Gasteiger partial charge on any atom is -0.383 e. The lowest BCUT2D eigenvalue weighted by Gasteiger charge is -2.08. The second kappa shape index (κ2) is 7.27. The van der Waals surface area contributed by atoms with E-state index in [9.17, 15) is 8.42 Å². The van der Waals surface area contributed by atoms with E-state index in [2.05, 4.69) is 9.71 Å².